The van der Waals surface area contributed by atoms with Crippen LogP contribution in [0.5, 0.6) is 0 Å². The second-order valence-electron chi connectivity index (χ2n) is 1.55. The molecule has 0 spiro atoms. The fraction of sp³-hybridized carbons (Fsp3) is 0.600. The summed E-state index contributed by atoms with van der Waals surface area (Å²) in [5.74, 6) is 1.04. The van der Waals surface area contributed by atoms with Gasteiger partial charge in [-0.2, -0.15) is 0 Å². The molecule has 0 fully saturated rings. The maximum absolute atomic E-state index is 4.88. The van der Waals surface area contributed by atoms with E-state index >= 15 is 0 Å². The molecule has 1 aromatic heterocycles. The normalized spacial score (nSPS) is 9.89. The SMILES string of the molecule is CCCSc1nnco1. The molecule has 0 radical (unpaired) electrons. The Bertz CT molecular complexity index is 152. The van der Waals surface area contributed by atoms with Crippen LogP contribution in [-0.2, 0) is 0 Å². The van der Waals surface area contributed by atoms with Crippen LogP contribution in [0.25, 0.3) is 0 Å². The molecule has 0 aromatic carbocycles. The van der Waals surface area contributed by atoms with Gasteiger partial charge in [0, 0.05) is 5.75 Å². The average Bonchev–Trinajstić information content (AvgIpc) is 2.34. The highest BCUT2D eigenvalue weighted by molar-refractivity contribution is 7.99. The van der Waals surface area contributed by atoms with Gasteiger partial charge in [0.15, 0.2) is 0 Å². The second kappa shape index (κ2) is 3.50. The van der Waals surface area contributed by atoms with Crippen LogP contribution in [0.2, 0.25) is 0 Å². The fourth-order valence-electron chi connectivity index (χ4n) is 0.415. The standard InChI is InChI=1S/C5H8N2OS/c1-2-3-9-5-7-6-4-8-5/h4H,2-3H2,1H3. The zero-order valence-electron chi connectivity index (χ0n) is 5.20. The molecule has 1 aromatic rings. The molecule has 50 valence electrons. The van der Waals surface area contributed by atoms with Gasteiger partial charge in [-0.15, -0.1) is 10.2 Å². The third kappa shape index (κ3) is 2.05. The van der Waals surface area contributed by atoms with E-state index in [0.717, 1.165) is 12.2 Å². The smallest absolute Gasteiger partial charge is 0.276 e. The first-order chi connectivity index (χ1) is 4.43. The van der Waals surface area contributed by atoms with Gasteiger partial charge < -0.3 is 4.42 Å². The van der Waals surface area contributed by atoms with Crippen LogP contribution in [0, 0.1) is 0 Å². The van der Waals surface area contributed by atoms with Crippen molar-refractivity contribution in [2.75, 3.05) is 5.75 Å². The minimum absolute atomic E-state index is 0.664. The zero-order valence-corrected chi connectivity index (χ0v) is 6.02. The number of nitrogens with zero attached hydrogens (tertiary/aromatic N) is 2. The van der Waals surface area contributed by atoms with Gasteiger partial charge in [-0.1, -0.05) is 18.7 Å². The number of aromatic nitrogens is 2. The van der Waals surface area contributed by atoms with Gasteiger partial charge >= 0.3 is 0 Å². The van der Waals surface area contributed by atoms with Crippen molar-refractivity contribution in [1.82, 2.24) is 10.2 Å². The Kier molecular flexibility index (Phi) is 2.57. The Morgan fingerprint density at radius 2 is 2.67 bits per heavy atom. The molecule has 0 unspecified atom stereocenters. The van der Waals surface area contributed by atoms with Crippen LogP contribution in [0.1, 0.15) is 13.3 Å². The average molecular weight is 144 g/mol. The highest BCUT2D eigenvalue weighted by Crippen LogP contribution is 2.13. The maximum atomic E-state index is 4.88. The van der Waals surface area contributed by atoms with Gasteiger partial charge in [-0.05, 0) is 6.42 Å². The van der Waals surface area contributed by atoms with Crippen molar-refractivity contribution >= 4 is 11.8 Å². The summed E-state index contributed by atoms with van der Waals surface area (Å²) in [6.07, 6.45) is 2.48. The zero-order chi connectivity index (χ0) is 6.53. The quantitative estimate of drug-likeness (QED) is 0.603. The van der Waals surface area contributed by atoms with Crippen molar-refractivity contribution in [3.05, 3.63) is 6.39 Å². The van der Waals surface area contributed by atoms with Crippen LogP contribution in [0.15, 0.2) is 16.0 Å². The Hall–Kier alpha value is -0.510. The number of hydrogen-bond donors (Lipinski definition) is 0. The molecule has 9 heavy (non-hydrogen) atoms. The lowest BCUT2D eigenvalue weighted by atomic mass is 10.6. The Morgan fingerprint density at radius 3 is 3.22 bits per heavy atom. The molecule has 0 saturated carbocycles. The van der Waals surface area contributed by atoms with Crippen molar-refractivity contribution in [2.45, 2.75) is 18.6 Å². The molecule has 0 bridgehead atoms. The summed E-state index contributed by atoms with van der Waals surface area (Å²) in [4.78, 5) is 0. The fourth-order valence-corrected chi connectivity index (χ4v) is 1.01. The molecule has 0 saturated heterocycles. The van der Waals surface area contributed by atoms with Gasteiger partial charge in [-0.25, -0.2) is 0 Å². The van der Waals surface area contributed by atoms with Crippen LogP contribution in [0.3, 0.4) is 0 Å². The molecule has 1 heterocycles. The predicted molar refractivity (Wildman–Crippen MR) is 35.3 cm³/mol. The van der Waals surface area contributed by atoms with Crippen molar-refractivity contribution in [3.63, 3.8) is 0 Å². The molecular weight excluding hydrogens is 136 g/mol. The van der Waals surface area contributed by atoms with Crippen LogP contribution in [-0.4, -0.2) is 16.0 Å². The molecule has 0 atom stereocenters. The van der Waals surface area contributed by atoms with E-state index in [1.165, 1.54) is 6.39 Å². The Morgan fingerprint density at radius 1 is 1.78 bits per heavy atom. The summed E-state index contributed by atoms with van der Waals surface area (Å²) in [7, 11) is 0. The van der Waals surface area contributed by atoms with Gasteiger partial charge in [-0.3, -0.25) is 0 Å². The third-order valence-corrected chi connectivity index (χ3v) is 1.81. The van der Waals surface area contributed by atoms with Crippen LogP contribution < -0.4 is 0 Å². The minimum atomic E-state index is 0.664. The molecule has 0 aliphatic heterocycles. The van der Waals surface area contributed by atoms with Crippen LogP contribution >= 0.6 is 11.8 Å². The molecule has 0 aliphatic rings. The van der Waals surface area contributed by atoms with Gasteiger partial charge in [0.25, 0.3) is 5.22 Å². The van der Waals surface area contributed by atoms with Crippen LogP contribution in [0.4, 0.5) is 0 Å². The summed E-state index contributed by atoms with van der Waals surface area (Å²) in [6, 6.07) is 0. The van der Waals surface area contributed by atoms with Crippen molar-refractivity contribution in [1.29, 1.82) is 0 Å². The molecule has 0 amide bonds. The Labute approximate surface area is 57.9 Å². The summed E-state index contributed by atoms with van der Waals surface area (Å²) in [6.45, 7) is 2.11. The van der Waals surface area contributed by atoms with Crippen molar-refractivity contribution < 1.29 is 4.42 Å². The highest BCUT2D eigenvalue weighted by atomic mass is 32.2. The second-order valence-corrected chi connectivity index (χ2v) is 2.60. The topological polar surface area (TPSA) is 38.9 Å². The molecule has 1 rings (SSSR count). The first-order valence-corrected chi connectivity index (χ1v) is 3.81. The van der Waals surface area contributed by atoms with E-state index in [9.17, 15) is 0 Å². The summed E-state index contributed by atoms with van der Waals surface area (Å²) < 4.78 is 4.88. The first-order valence-electron chi connectivity index (χ1n) is 2.82. The van der Waals surface area contributed by atoms with E-state index < -0.39 is 0 Å². The lowest BCUT2D eigenvalue weighted by Gasteiger charge is -1.86. The predicted octanol–water partition coefficient (Wildman–Crippen LogP) is 1.57. The largest absolute Gasteiger partial charge is 0.419 e. The van der Waals surface area contributed by atoms with E-state index in [2.05, 4.69) is 17.1 Å². The van der Waals surface area contributed by atoms with E-state index in [-0.39, 0.29) is 0 Å². The van der Waals surface area contributed by atoms with E-state index in [0.29, 0.717) is 5.22 Å². The van der Waals surface area contributed by atoms with Crippen molar-refractivity contribution in [2.24, 2.45) is 0 Å². The molecule has 0 N–H and O–H groups in total. The summed E-state index contributed by atoms with van der Waals surface area (Å²) >= 11 is 1.59. The number of thioether (sulfide) groups is 1. The third-order valence-electron chi connectivity index (χ3n) is 0.770. The van der Waals surface area contributed by atoms with Gasteiger partial charge in [0.2, 0.25) is 6.39 Å². The first kappa shape index (κ1) is 6.61. The van der Waals surface area contributed by atoms with Gasteiger partial charge in [0.1, 0.15) is 0 Å². The van der Waals surface area contributed by atoms with E-state index in [4.69, 9.17) is 4.42 Å². The van der Waals surface area contributed by atoms with E-state index in [1.54, 1.807) is 11.8 Å². The minimum Gasteiger partial charge on any atom is -0.419 e. The summed E-state index contributed by atoms with van der Waals surface area (Å²) in [5, 5.41) is 7.90. The molecule has 4 heteroatoms. The maximum Gasteiger partial charge on any atom is 0.276 e. The Balaban J connectivity index is 2.30. The highest BCUT2D eigenvalue weighted by Gasteiger charge is 1.95. The van der Waals surface area contributed by atoms with Crippen molar-refractivity contribution in [3.8, 4) is 0 Å². The number of rotatable bonds is 3. The lowest BCUT2D eigenvalue weighted by molar-refractivity contribution is 0.453. The van der Waals surface area contributed by atoms with Gasteiger partial charge in [0.05, 0.1) is 0 Å². The summed E-state index contributed by atoms with van der Waals surface area (Å²) in [5.41, 5.74) is 0. The molecular formula is C5H8N2OS. The number of hydrogen-bond acceptors (Lipinski definition) is 4. The monoisotopic (exact) mass is 144 g/mol. The van der Waals surface area contributed by atoms with E-state index in [1.807, 2.05) is 0 Å². The molecule has 0 aliphatic carbocycles. The molecule has 3 nitrogen and oxygen atoms in total. The lowest BCUT2D eigenvalue weighted by Crippen LogP contribution is -1.74.